The molecule has 0 radical (unpaired) electrons. The van der Waals surface area contributed by atoms with Crippen LogP contribution in [-0.4, -0.2) is 12.6 Å². The number of carbonyl (C=O) groups is 1. The highest BCUT2D eigenvalue weighted by Gasteiger charge is 2.11. The number of hydrogen-bond donors (Lipinski definition) is 1. The van der Waals surface area contributed by atoms with Crippen LogP contribution in [0, 0.1) is 0 Å². The summed E-state index contributed by atoms with van der Waals surface area (Å²) in [7, 11) is 0. The average Bonchev–Trinajstić information content (AvgIpc) is 2.51. The topological polar surface area (TPSA) is 38.3 Å². The van der Waals surface area contributed by atoms with Crippen molar-refractivity contribution in [2.45, 2.75) is 6.42 Å². The van der Waals surface area contributed by atoms with Gasteiger partial charge in [0.25, 0.3) is 0 Å². The van der Waals surface area contributed by atoms with Crippen molar-refractivity contribution in [1.82, 2.24) is 5.32 Å². The van der Waals surface area contributed by atoms with Crippen LogP contribution in [0.2, 0.25) is 0 Å². The molecule has 0 aromatic heterocycles. The number of benzene rings is 1. The standard InChI is InChI=1S/C7H6.C4H5NO2/c1-2-6-4-7(3-1)5-6;1-3-2-5-4(6)7-3/h1-4H,5H2;1-2H2,(H,5,6). The molecule has 0 unspecified atom stereocenters. The van der Waals surface area contributed by atoms with Crippen molar-refractivity contribution >= 4 is 6.09 Å². The van der Waals surface area contributed by atoms with Crippen LogP contribution in [0.1, 0.15) is 11.1 Å². The zero-order chi connectivity index (χ0) is 9.97. The molecule has 1 aliphatic heterocycles. The highest BCUT2D eigenvalue weighted by atomic mass is 16.6. The maximum atomic E-state index is 10.1. The van der Waals surface area contributed by atoms with Crippen molar-refractivity contribution in [3.8, 4) is 0 Å². The average molecular weight is 189 g/mol. The second-order valence-corrected chi connectivity index (χ2v) is 3.28. The van der Waals surface area contributed by atoms with Gasteiger partial charge in [0.15, 0.2) is 0 Å². The Kier molecular flexibility index (Phi) is 2.23. The minimum absolute atomic E-state index is 0.398. The van der Waals surface area contributed by atoms with E-state index in [1.807, 2.05) is 0 Å². The first-order valence-electron chi connectivity index (χ1n) is 4.45. The summed E-state index contributed by atoms with van der Waals surface area (Å²) in [6.45, 7) is 3.86. The van der Waals surface area contributed by atoms with E-state index >= 15 is 0 Å². The Bertz CT molecular complexity index is 346. The van der Waals surface area contributed by atoms with Crippen LogP contribution in [0.25, 0.3) is 0 Å². The molecule has 4 rings (SSSR count). The summed E-state index contributed by atoms with van der Waals surface area (Å²) in [5, 5.41) is 2.41. The largest absolute Gasteiger partial charge is 0.414 e. The Morgan fingerprint density at radius 2 is 2.00 bits per heavy atom. The molecule has 1 amide bonds. The maximum Gasteiger partial charge on any atom is 0.412 e. The number of alkyl carbamates (subject to hydrolysis) is 1. The fourth-order valence-corrected chi connectivity index (χ4v) is 1.33. The molecule has 72 valence electrons. The number of nitrogens with one attached hydrogen (secondary N) is 1. The molecule has 0 atom stereocenters. The summed E-state index contributed by atoms with van der Waals surface area (Å²) in [6, 6.07) is 8.65. The number of amides is 1. The third-order valence-electron chi connectivity index (χ3n) is 2.07. The van der Waals surface area contributed by atoms with E-state index in [2.05, 4.69) is 40.9 Å². The summed E-state index contributed by atoms with van der Waals surface area (Å²) >= 11 is 0. The van der Waals surface area contributed by atoms with Gasteiger partial charge in [-0.05, 0) is 17.5 Å². The summed E-state index contributed by atoms with van der Waals surface area (Å²) in [4.78, 5) is 10.1. The first kappa shape index (κ1) is 8.81. The maximum absolute atomic E-state index is 10.1. The monoisotopic (exact) mass is 189 g/mol. The molecule has 1 fully saturated rings. The van der Waals surface area contributed by atoms with Crippen LogP contribution in [0.3, 0.4) is 0 Å². The van der Waals surface area contributed by atoms with Crippen molar-refractivity contribution in [3.05, 3.63) is 47.7 Å². The normalized spacial score (nSPS) is 16.0. The van der Waals surface area contributed by atoms with E-state index in [0.29, 0.717) is 12.3 Å². The third kappa shape index (κ3) is 1.93. The molecule has 0 saturated carbocycles. The molecule has 1 aromatic carbocycles. The molecule has 1 saturated heterocycles. The fraction of sp³-hybridized carbons (Fsp3) is 0.182. The zero-order valence-corrected chi connectivity index (χ0v) is 7.75. The van der Waals surface area contributed by atoms with E-state index in [4.69, 9.17) is 0 Å². The van der Waals surface area contributed by atoms with Crippen molar-refractivity contribution in [2.24, 2.45) is 0 Å². The predicted octanol–water partition coefficient (Wildman–Crippen LogP) is 1.83. The van der Waals surface area contributed by atoms with Gasteiger partial charge in [-0.25, -0.2) is 4.79 Å². The van der Waals surface area contributed by atoms with Gasteiger partial charge in [-0.2, -0.15) is 0 Å². The Hall–Kier alpha value is -1.77. The van der Waals surface area contributed by atoms with E-state index in [1.165, 1.54) is 17.5 Å². The lowest BCUT2D eigenvalue weighted by atomic mass is 9.94. The Balaban J connectivity index is 0.000000107. The van der Waals surface area contributed by atoms with Gasteiger partial charge in [0, 0.05) is 0 Å². The van der Waals surface area contributed by atoms with Crippen molar-refractivity contribution in [2.75, 3.05) is 6.54 Å². The van der Waals surface area contributed by atoms with E-state index in [1.54, 1.807) is 0 Å². The van der Waals surface area contributed by atoms with Gasteiger partial charge in [0.05, 0.1) is 6.54 Å². The summed E-state index contributed by atoms with van der Waals surface area (Å²) in [5.41, 5.74) is 2.97. The van der Waals surface area contributed by atoms with E-state index in [0.717, 1.165) is 0 Å². The van der Waals surface area contributed by atoms with Gasteiger partial charge >= 0.3 is 6.09 Å². The van der Waals surface area contributed by atoms with Gasteiger partial charge in [0.2, 0.25) is 0 Å². The Morgan fingerprint density at radius 1 is 1.36 bits per heavy atom. The van der Waals surface area contributed by atoms with E-state index < -0.39 is 6.09 Å². The molecule has 0 spiro atoms. The van der Waals surface area contributed by atoms with Crippen LogP contribution < -0.4 is 5.32 Å². The molecule has 1 aromatic rings. The third-order valence-corrected chi connectivity index (χ3v) is 2.07. The first-order valence-corrected chi connectivity index (χ1v) is 4.45. The molecule has 2 bridgehead atoms. The van der Waals surface area contributed by atoms with Crippen LogP contribution in [0.4, 0.5) is 4.79 Å². The number of rotatable bonds is 0. The molecule has 3 aliphatic rings. The second-order valence-electron chi connectivity index (χ2n) is 3.28. The van der Waals surface area contributed by atoms with Gasteiger partial charge < -0.3 is 10.1 Å². The fourth-order valence-electron chi connectivity index (χ4n) is 1.33. The number of ether oxygens (including phenoxy) is 1. The highest BCUT2D eigenvalue weighted by molar-refractivity contribution is 5.71. The van der Waals surface area contributed by atoms with Crippen LogP contribution in [-0.2, 0) is 11.2 Å². The number of carbonyl (C=O) groups excluding carboxylic acids is 1. The first-order chi connectivity index (χ1) is 6.74. The van der Waals surface area contributed by atoms with Gasteiger partial charge in [-0.1, -0.05) is 30.8 Å². The van der Waals surface area contributed by atoms with Crippen molar-refractivity contribution in [1.29, 1.82) is 0 Å². The van der Waals surface area contributed by atoms with Gasteiger partial charge in [-0.15, -0.1) is 0 Å². The SMILES string of the molecule is C=C1CNC(=O)O1.c1cc2cc(c1)C2. The molecule has 14 heavy (non-hydrogen) atoms. The molecule has 3 heteroatoms. The van der Waals surface area contributed by atoms with Gasteiger partial charge in [0.1, 0.15) is 5.76 Å². The summed E-state index contributed by atoms with van der Waals surface area (Å²) < 4.78 is 4.42. The molecular formula is C11H11NO2. The number of hydrogen-bond acceptors (Lipinski definition) is 2. The van der Waals surface area contributed by atoms with E-state index in [-0.39, 0.29) is 0 Å². The lowest BCUT2D eigenvalue weighted by Crippen LogP contribution is -2.11. The number of fused-ring (bicyclic) bond motifs is 2. The van der Waals surface area contributed by atoms with Crippen molar-refractivity contribution < 1.29 is 9.53 Å². The van der Waals surface area contributed by atoms with Crippen molar-refractivity contribution in [3.63, 3.8) is 0 Å². The number of cyclic esters (lactones) is 1. The zero-order valence-electron chi connectivity index (χ0n) is 7.75. The minimum atomic E-state index is -0.398. The van der Waals surface area contributed by atoms with Crippen LogP contribution in [0.15, 0.2) is 36.6 Å². The summed E-state index contributed by atoms with van der Waals surface area (Å²) in [5.74, 6) is 0.491. The van der Waals surface area contributed by atoms with Crippen LogP contribution >= 0.6 is 0 Å². The lowest BCUT2D eigenvalue weighted by molar-refractivity contribution is 0.195. The van der Waals surface area contributed by atoms with Gasteiger partial charge in [-0.3, -0.25) is 0 Å². The summed E-state index contributed by atoms with van der Waals surface area (Å²) in [6.07, 6.45) is 0.821. The molecule has 1 N–H and O–H groups in total. The second kappa shape index (κ2) is 3.54. The van der Waals surface area contributed by atoms with E-state index in [9.17, 15) is 4.79 Å². The molecule has 1 heterocycles. The highest BCUT2D eigenvalue weighted by Crippen LogP contribution is 2.18. The minimum Gasteiger partial charge on any atom is -0.414 e. The Labute approximate surface area is 82.4 Å². The van der Waals surface area contributed by atoms with Crippen LogP contribution in [0.5, 0.6) is 0 Å². The molecular weight excluding hydrogens is 178 g/mol. The Morgan fingerprint density at radius 3 is 2.14 bits per heavy atom. The molecule has 2 aliphatic carbocycles. The smallest absolute Gasteiger partial charge is 0.412 e. The quantitative estimate of drug-likeness (QED) is 0.686. The molecule has 3 nitrogen and oxygen atoms in total. The predicted molar refractivity (Wildman–Crippen MR) is 52.9 cm³/mol. The lowest BCUT2D eigenvalue weighted by Gasteiger charge is -2.11.